The molecule has 2 heterocycles. The minimum Gasteiger partial charge on any atom is -0.467 e. The van der Waals surface area contributed by atoms with Gasteiger partial charge in [0.25, 0.3) is 0 Å². The molecule has 6 heteroatoms. The van der Waals surface area contributed by atoms with Crippen molar-refractivity contribution >= 4 is 11.3 Å². The summed E-state index contributed by atoms with van der Waals surface area (Å²) < 4.78 is 5.07. The molecule has 0 atom stereocenters. The van der Waals surface area contributed by atoms with Crippen LogP contribution in [0.3, 0.4) is 0 Å². The lowest BCUT2D eigenvalue weighted by Crippen LogP contribution is -2.26. The molecule has 0 amide bonds. The lowest BCUT2D eigenvalue weighted by molar-refractivity contribution is 0.0746. The SMILES string of the molecule is COc1ncc(-c2nc(-c3ccc(C4CC(O)C4)cc3)c(-c3ccccc3)s2)cn1. The van der Waals surface area contributed by atoms with Crippen LogP contribution in [0.25, 0.3) is 32.3 Å². The Labute approximate surface area is 179 Å². The highest BCUT2D eigenvalue weighted by molar-refractivity contribution is 7.19. The smallest absolute Gasteiger partial charge is 0.316 e. The number of methoxy groups -OCH3 is 1. The van der Waals surface area contributed by atoms with Gasteiger partial charge in [0.15, 0.2) is 0 Å². The average Bonchev–Trinajstić information content (AvgIpc) is 3.23. The van der Waals surface area contributed by atoms with Gasteiger partial charge >= 0.3 is 6.01 Å². The second kappa shape index (κ2) is 7.97. The lowest BCUT2D eigenvalue weighted by Gasteiger charge is -2.31. The summed E-state index contributed by atoms with van der Waals surface area (Å²) in [7, 11) is 1.55. The van der Waals surface area contributed by atoms with E-state index in [-0.39, 0.29) is 6.10 Å². The fourth-order valence-electron chi connectivity index (χ4n) is 3.73. The normalized spacial score (nSPS) is 18.1. The van der Waals surface area contributed by atoms with Crippen molar-refractivity contribution in [3.63, 3.8) is 0 Å². The predicted octanol–water partition coefficient (Wildman–Crippen LogP) is 5.18. The van der Waals surface area contributed by atoms with Gasteiger partial charge in [-0.1, -0.05) is 54.6 Å². The summed E-state index contributed by atoms with van der Waals surface area (Å²) in [6.07, 6.45) is 5.05. The molecule has 0 saturated heterocycles. The van der Waals surface area contributed by atoms with Gasteiger partial charge in [-0.2, -0.15) is 0 Å². The molecular formula is C24H21N3O2S. The van der Waals surface area contributed by atoms with Crippen molar-refractivity contribution in [3.05, 3.63) is 72.6 Å². The number of hydrogen-bond donors (Lipinski definition) is 1. The quantitative estimate of drug-likeness (QED) is 0.486. The Bertz CT molecular complexity index is 1140. The molecule has 2 aromatic carbocycles. The zero-order chi connectivity index (χ0) is 20.5. The highest BCUT2D eigenvalue weighted by Crippen LogP contribution is 2.42. The summed E-state index contributed by atoms with van der Waals surface area (Å²) in [5.74, 6) is 0.463. The first-order valence-electron chi connectivity index (χ1n) is 9.92. The Balaban J connectivity index is 1.55. The molecule has 0 spiro atoms. The summed E-state index contributed by atoms with van der Waals surface area (Å²) in [6, 6.07) is 19.3. The van der Waals surface area contributed by atoms with Crippen LogP contribution in [-0.4, -0.2) is 33.3 Å². The topological polar surface area (TPSA) is 68.1 Å². The number of hydrogen-bond acceptors (Lipinski definition) is 6. The molecule has 1 aliphatic carbocycles. The van der Waals surface area contributed by atoms with Gasteiger partial charge in [0.1, 0.15) is 5.01 Å². The maximum atomic E-state index is 9.59. The molecule has 0 unspecified atom stereocenters. The maximum Gasteiger partial charge on any atom is 0.316 e. The van der Waals surface area contributed by atoms with Crippen LogP contribution >= 0.6 is 11.3 Å². The van der Waals surface area contributed by atoms with Crippen molar-refractivity contribution in [2.75, 3.05) is 7.11 Å². The Morgan fingerprint density at radius 2 is 1.60 bits per heavy atom. The molecule has 150 valence electrons. The van der Waals surface area contributed by atoms with Crippen LogP contribution in [-0.2, 0) is 0 Å². The average molecular weight is 416 g/mol. The summed E-state index contributed by atoms with van der Waals surface area (Å²) in [6.45, 7) is 0. The second-order valence-corrected chi connectivity index (χ2v) is 8.46. The number of rotatable bonds is 5. The van der Waals surface area contributed by atoms with Gasteiger partial charge in [-0.25, -0.2) is 15.0 Å². The molecule has 4 aromatic rings. The molecule has 1 saturated carbocycles. The van der Waals surface area contributed by atoms with Gasteiger partial charge in [0.2, 0.25) is 0 Å². The fourth-order valence-corrected chi connectivity index (χ4v) is 4.80. The number of nitrogens with zero attached hydrogens (tertiary/aromatic N) is 3. The molecule has 5 rings (SSSR count). The molecule has 2 aromatic heterocycles. The number of aliphatic hydroxyl groups is 1. The van der Waals surface area contributed by atoms with Crippen molar-refractivity contribution < 1.29 is 9.84 Å². The number of aromatic nitrogens is 3. The van der Waals surface area contributed by atoms with E-state index >= 15 is 0 Å². The Hall–Kier alpha value is -3.09. The highest BCUT2D eigenvalue weighted by atomic mass is 32.1. The minimum atomic E-state index is -0.146. The van der Waals surface area contributed by atoms with E-state index in [4.69, 9.17) is 9.72 Å². The predicted molar refractivity (Wildman–Crippen MR) is 119 cm³/mol. The summed E-state index contributed by atoms with van der Waals surface area (Å²) in [5, 5.41) is 10.5. The van der Waals surface area contributed by atoms with E-state index in [9.17, 15) is 5.11 Å². The largest absolute Gasteiger partial charge is 0.467 e. The third-order valence-corrected chi connectivity index (χ3v) is 6.64. The summed E-state index contributed by atoms with van der Waals surface area (Å²) in [4.78, 5) is 14.5. The highest BCUT2D eigenvalue weighted by Gasteiger charge is 2.28. The molecule has 0 radical (unpaired) electrons. The first-order valence-corrected chi connectivity index (χ1v) is 10.7. The second-order valence-electron chi connectivity index (χ2n) is 7.47. The van der Waals surface area contributed by atoms with Crippen molar-refractivity contribution in [2.24, 2.45) is 0 Å². The molecule has 1 fully saturated rings. The Morgan fingerprint density at radius 3 is 2.23 bits per heavy atom. The molecular weight excluding hydrogens is 394 g/mol. The monoisotopic (exact) mass is 415 g/mol. The Morgan fingerprint density at radius 1 is 0.900 bits per heavy atom. The number of aliphatic hydroxyl groups excluding tert-OH is 1. The number of thiazole rings is 1. The molecule has 30 heavy (non-hydrogen) atoms. The van der Waals surface area contributed by atoms with Crippen LogP contribution in [0.2, 0.25) is 0 Å². The third kappa shape index (κ3) is 3.60. The van der Waals surface area contributed by atoms with Crippen molar-refractivity contribution in [2.45, 2.75) is 24.9 Å². The van der Waals surface area contributed by atoms with Crippen molar-refractivity contribution in [1.82, 2.24) is 15.0 Å². The Kier molecular flexibility index (Phi) is 5.02. The fraction of sp³-hybridized carbons (Fsp3) is 0.208. The lowest BCUT2D eigenvalue weighted by atomic mass is 9.77. The van der Waals surface area contributed by atoms with E-state index in [0.29, 0.717) is 11.9 Å². The van der Waals surface area contributed by atoms with Crippen LogP contribution in [0, 0.1) is 0 Å². The standard InChI is InChI=1S/C24H21N3O2S/c1-29-24-25-13-19(14-26-24)23-27-21(22(30-23)17-5-3-2-4-6-17)16-9-7-15(8-10-16)18-11-20(28)12-18/h2-10,13-14,18,20,28H,11-12H2,1H3. The van der Waals surface area contributed by atoms with Crippen LogP contribution in [0.5, 0.6) is 6.01 Å². The van der Waals surface area contributed by atoms with E-state index in [0.717, 1.165) is 45.1 Å². The van der Waals surface area contributed by atoms with Crippen LogP contribution < -0.4 is 4.74 Å². The van der Waals surface area contributed by atoms with Gasteiger partial charge < -0.3 is 9.84 Å². The van der Waals surface area contributed by atoms with Gasteiger partial charge in [-0.15, -0.1) is 11.3 Å². The van der Waals surface area contributed by atoms with E-state index in [2.05, 4.69) is 46.4 Å². The van der Waals surface area contributed by atoms with Crippen LogP contribution in [0.1, 0.15) is 24.3 Å². The molecule has 0 aliphatic heterocycles. The molecule has 5 nitrogen and oxygen atoms in total. The van der Waals surface area contributed by atoms with E-state index in [1.165, 1.54) is 5.56 Å². The van der Waals surface area contributed by atoms with Gasteiger partial charge in [0, 0.05) is 23.5 Å². The third-order valence-electron chi connectivity index (χ3n) is 5.49. The van der Waals surface area contributed by atoms with Crippen LogP contribution in [0.4, 0.5) is 0 Å². The van der Waals surface area contributed by atoms with Crippen molar-refractivity contribution in [3.8, 4) is 38.3 Å². The molecule has 1 aliphatic rings. The minimum absolute atomic E-state index is 0.146. The number of benzene rings is 2. The van der Waals surface area contributed by atoms with Crippen molar-refractivity contribution in [1.29, 1.82) is 0 Å². The zero-order valence-electron chi connectivity index (χ0n) is 16.5. The van der Waals surface area contributed by atoms with Gasteiger partial charge in [-0.05, 0) is 29.9 Å². The first kappa shape index (κ1) is 18.9. The van der Waals surface area contributed by atoms with Gasteiger partial charge in [0.05, 0.1) is 23.8 Å². The molecule has 0 bridgehead atoms. The van der Waals surface area contributed by atoms with E-state index < -0.39 is 0 Å². The first-order chi connectivity index (χ1) is 14.7. The van der Waals surface area contributed by atoms with E-state index in [1.54, 1.807) is 30.8 Å². The maximum absolute atomic E-state index is 9.59. The zero-order valence-corrected chi connectivity index (χ0v) is 17.3. The molecule has 1 N–H and O–H groups in total. The summed E-state index contributed by atoms with van der Waals surface area (Å²) in [5.41, 5.74) is 5.32. The van der Waals surface area contributed by atoms with Crippen LogP contribution in [0.15, 0.2) is 67.0 Å². The van der Waals surface area contributed by atoms with E-state index in [1.807, 2.05) is 18.2 Å². The van der Waals surface area contributed by atoms with Gasteiger partial charge in [-0.3, -0.25) is 0 Å². The summed E-state index contributed by atoms with van der Waals surface area (Å²) >= 11 is 1.64. The number of ether oxygens (including phenoxy) is 1.